The van der Waals surface area contributed by atoms with E-state index in [4.69, 9.17) is 21.4 Å². The van der Waals surface area contributed by atoms with Crippen LogP contribution in [0.25, 0.3) is 0 Å². The number of methoxy groups -OCH3 is 1. The highest BCUT2D eigenvalue weighted by Crippen LogP contribution is 2.31. The molecule has 14 heavy (non-hydrogen) atoms. The Labute approximate surface area is 94.8 Å². The normalized spacial score (nSPS) is 9.93. The maximum Gasteiger partial charge on any atom is 0.307 e. The molecular weight excluding hydrogens is 271 g/mol. The number of halogens is 2. The molecule has 1 aromatic carbocycles. The van der Waals surface area contributed by atoms with Crippen LogP contribution in [-0.2, 0) is 11.2 Å². The predicted molar refractivity (Wildman–Crippen MR) is 57.0 cm³/mol. The van der Waals surface area contributed by atoms with Crippen molar-refractivity contribution in [3.63, 3.8) is 0 Å². The summed E-state index contributed by atoms with van der Waals surface area (Å²) in [5.41, 5.74) is 0.541. The summed E-state index contributed by atoms with van der Waals surface area (Å²) in [7, 11) is 1.51. The van der Waals surface area contributed by atoms with Crippen LogP contribution in [-0.4, -0.2) is 18.2 Å². The van der Waals surface area contributed by atoms with Crippen molar-refractivity contribution in [1.29, 1.82) is 0 Å². The Bertz CT molecular complexity index is 365. The average molecular weight is 280 g/mol. The van der Waals surface area contributed by atoms with E-state index >= 15 is 0 Å². The van der Waals surface area contributed by atoms with Gasteiger partial charge in [-0.25, -0.2) is 0 Å². The van der Waals surface area contributed by atoms with Gasteiger partial charge in [-0.15, -0.1) is 0 Å². The fourth-order valence-electron chi connectivity index (χ4n) is 1.03. The summed E-state index contributed by atoms with van der Waals surface area (Å²) in [6, 6.07) is 3.24. The second-order valence-corrected chi connectivity index (χ2v) is 3.91. The first-order valence-corrected chi connectivity index (χ1v) is 4.95. The van der Waals surface area contributed by atoms with E-state index in [9.17, 15) is 4.79 Å². The number of hydrogen-bond acceptors (Lipinski definition) is 2. The first-order chi connectivity index (χ1) is 6.54. The Hall–Kier alpha value is -0.740. The molecule has 0 unspecified atom stereocenters. The zero-order chi connectivity index (χ0) is 10.7. The number of carbonyl (C=O) groups is 1. The van der Waals surface area contributed by atoms with Crippen molar-refractivity contribution < 1.29 is 14.6 Å². The molecule has 1 aromatic rings. The number of carboxylic acid groups (broad SMARTS) is 1. The van der Waals surface area contributed by atoms with Crippen LogP contribution in [0.5, 0.6) is 5.75 Å². The highest BCUT2D eigenvalue weighted by Gasteiger charge is 2.10. The minimum Gasteiger partial charge on any atom is -0.496 e. The van der Waals surface area contributed by atoms with Crippen molar-refractivity contribution in [3.8, 4) is 5.75 Å². The summed E-state index contributed by atoms with van der Waals surface area (Å²) in [6.07, 6.45) is -0.109. The number of benzene rings is 1. The first-order valence-electron chi connectivity index (χ1n) is 3.78. The third-order valence-electron chi connectivity index (χ3n) is 1.66. The Balaban J connectivity index is 3.10. The second kappa shape index (κ2) is 4.66. The van der Waals surface area contributed by atoms with Gasteiger partial charge in [-0.2, -0.15) is 0 Å². The molecule has 0 radical (unpaired) electrons. The molecule has 76 valence electrons. The Morgan fingerprint density at radius 1 is 1.64 bits per heavy atom. The SMILES string of the molecule is COc1cc(CC(=O)O)c(Cl)cc1Br. The number of ether oxygens (including phenoxy) is 1. The largest absolute Gasteiger partial charge is 0.496 e. The van der Waals surface area contributed by atoms with Crippen molar-refractivity contribution in [2.75, 3.05) is 7.11 Å². The quantitative estimate of drug-likeness (QED) is 0.925. The van der Waals surface area contributed by atoms with Crippen LogP contribution in [0.3, 0.4) is 0 Å². The van der Waals surface area contributed by atoms with Gasteiger partial charge >= 0.3 is 5.97 Å². The summed E-state index contributed by atoms with van der Waals surface area (Å²) in [6.45, 7) is 0. The van der Waals surface area contributed by atoms with Crippen molar-refractivity contribution in [2.24, 2.45) is 0 Å². The number of rotatable bonds is 3. The number of hydrogen-bond donors (Lipinski definition) is 1. The van der Waals surface area contributed by atoms with Gasteiger partial charge in [0, 0.05) is 5.02 Å². The fraction of sp³-hybridized carbons (Fsp3) is 0.222. The lowest BCUT2D eigenvalue weighted by Crippen LogP contribution is -2.01. The third-order valence-corrected chi connectivity index (χ3v) is 2.63. The molecule has 3 nitrogen and oxygen atoms in total. The van der Waals surface area contributed by atoms with Gasteiger partial charge in [0.15, 0.2) is 0 Å². The zero-order valence-electron chi connectivity index (χ0n) is 7.38. The maximum absolute atomic E-state index is 10.5. The topological polar surface area (TPSA) is 46.5 Å². The summed E-state index contributed by atoms with van der Waals surface area (Å²) in [5, 5.41) is 9.03. The van der Waals surface area contributed by atoms with E-state index in [1.165, 1.54) is 7.11 Å². The predicted octanol–water partition coefficient (Wildman–Crippen LogP) is 2.74. The Morgan fingerprint density at radius 2 is 2.29 bits per heavy atom. The van der Waals surface area contributed by atoms with Crippen LogP contribution in [0.15, 0.2) is 16.6 Å². The van der Waals surface area contributed by atoms with E-state index in [0.717, 1.165) is 0 Å². The monoisotopic (exact) mass is 278 g/mol. The molecule has 0 heterocycles. The van der Waals surface area contributed by atoms with E-state index in [0.29, 0.717) is 20.8 Å². The van der Waals surface area contributed by atoms with E-state index < -0.39 is 5.97 Å². The summed E-state index contributed by atoms with van der Waals surface area (Å²) in [5.74, 6) is -0.345. The molecule has 0 aliphatic rings. The lowest BCUT2D eigenvalue weighted by Gasteiger charge is -2.07. The lowest BCUT2D eigenvalue weighted by molar-refractivity contribution is -0.136. The summed E-state index contributed by atoms with van der Waals surface area (Å²) >= 11 is 9.10. The molecule has 0 fully saturated rings. The molecule has 0 bridgehead atoms. The van der Waals surface area contributed by atoms with Crippen molar-refractivity contribution in [2.45, 2.75) is 6.42 Å². The van der Waals surface area contributed by atoms with Crippen molar-refractivity contribution >= 4 is 33.5 Å². The van der Waals surface area contributed by atoms with Gasteiger partial charge in [0.25, 0.3) is 0 Å². The molecule has 0 aromatic heterocycles. The lowest BCUT2D eigenvalue weighted by atomic mass is 10.1. The van der Waals surface area contributed by atoms with Gasteiger partial charge in [0.1, 0.15) is 5.75 Å². The fourth-order valence-corrected chi connectivity index (χ4v) is 1.89. The van der Waals surface area contributed by atoms with Gasteiger partial charge in [-0.05, 0) is 33.6 Å². The molecular formula is C9H8BrClO3. The van der Waals surface area contributed by atoms with Crippen LogP contribution >= 0.6 is 27.5 Å². The standard InChI is InChI=1S/C9H8BrClO3/c1-14-8-2-5(3-9(12)13)7(11)4-6(8)10/h2,4H,3H2,1H3,(H,12,13). The van der Waals surface area contributed by atoms with E-state index in [1.807, 2.05) is 0 Å². The highest BCUT2D eigenvalue weighted by molar-refractivity contribution is 9.10. The smallest absolute Gasteiger partial charge is 0.307 e. The summed E-state index contributed by atoms with van der Waals surface area (Å²) < 4.78 is 5.73. The summed E-state index contributed by atoms with van der Waals surface area (Å²) in [4.78, 5) is 10.5. The minimum absolute atomic E-state index is 0.109. The van der Waals surface area contributed by atoms with Crippen LogP contribution in [0.2, 0.25) is 5.02 Å². The molecule has 0 spiro atoms. The number of carboxylic acids is 1. The van der Waals surface area contributed by atoms with E-state index in [2.05, 4.69) is 15.9 Å². The van der Waals surface area contributed by atoms with E-state index in [1.54, 1.807) is 12.1 Å². The molecule has 0 saturated carbocycles. The number of aliphatic carboxylic acids is 1. The molecule has 0 saturated heterocycles. The van der Waals surface area contributed by atoms with Crippen molar-refractivity contribution in [1.82, 2.24) is 0 Å². The van der Waals surface area contributed by atoms with Gasteiger partial charge in [-0.3, -0.25) is 4.79 Å². The maximum atomic E-state index is 10.5. The van der Waals surface area contributed by atoms with Gasteiger partial charge < -0.3 is 9.84 Å². The molecule has 0 aliphatic heterocycles. The van der Waals surface area contributed by atoms with Crippen LogP contribution in [0.4, 0.5) is 0 Å². The first kappa shape index (κ1) is 11.3. The zero-order valence-corrected chi connectivity index (χ0v) is 9.72. The Morgan fingerprint density at radius 3 is 2.79 bits per heavy atom. The molecule has 1 rings (SSSR count). The highest BCUT2D eigenvalue weighted by atomic mass is 79.9. The minimum atomic E-state index is -0.920. The van der Waals surface area contributed by atoms with Crippen molar-refractivity contribution in [3.05, 3.63) is 27.2 Å². The van der Waals surface area contributed by atoms with Gasteiger partial charge in [-0.1, -0.05) is 11.6 Å². The molecule has 1 N–H and O–H groups in total. The molecule has 0 atom stereocenters. The van der Waals surface area contributed by atoms with Crippen LogP contribution < -0.4 is 4.74 Å². The van der Waals surface area contributed by atoms with Crippen LogP contribution in [0.1, 0.15) is 5.56 Å². The van der Waals surface area contributed by atoms with E-state index in [-0.39, 0.29) is 6.42 Å². The van der Waals surface area contributed by atoms with Gasteiger partial charge in [0.05, 0.1) is 18.0 Å². The molecule has 0 amide bonds. The second-order valence-electron chi connectivity index (χ2n) is 2.65. The molecule has 5 heteroatoms. The third kappa shape index (κ3) is 2.62. The Kier molecular flexibility index (Phi) is 3.77. The molecule has 0 aliphatic carbocycles. The average Bonchev–Trinajstić information content (AvgIpc) is 2.09. The van der Waals surface area contributed by atoms with Gasteiger partial charge in [0.2, 0.25) is 0 Å². The van der Waals surface area contributed by atoms with Crippen LogP contribution in [0, 0.1) is 0 Å².